The molecular weight excluding hydrogens is 196 g/mol. The number of methoxy groups -OCH3 is 1. The number of aliphatic hydroxyl groups is 2. The summed E-state index contributed by atoms with van der Waals surface area (Å²) in [6.45, 7) is 3.58. The standard InChI is InChI=1S/C11H20O4/c1-8(9(2)11(14)15-3)10(7-13)5-4-6-12/h10,12-13H,4-7H2,1-3H3. The lowest BCUT2D eigenvalue weighted by molar-refractivity contribution is -0.136. The molecule has 2 N–H and O–H groups in total. The third kappa shape index (κ3) is 4.44. The molecule has 1 unspecified atom stereocenters. The number of esters is 1. The average molecular weight is 216 g/mol. The third-order valence-electron chi connectivity index (χ3n) is 2.63. The highest BCUT2D eigenvalue weighted by Crippen LogP contribution is 2.20. The summed E-state index contributed by atoms with van der Waals surface area (Å²) in [6, 6.07) is 0. The summed E-state index contributed by atoms with van der Waals surface area (Å²) < 4.78 is 4.60. The second-order valence-electron chi connectivity index (χ2n) is 3.54. The van der Waals surface area contributed by atoms with Gasteiger partial charge in [-0.3, -0.25) is 0 Å². The minimum absolute atomic E-state index is 0.0137. The fraction of sp³-hybridized carbons (Fsp3) is 0.727. The Labute approximate surface area is 90.6 Å². The van der Waals surface area contributed by atoms with Gasteiger partial charge in [-0.15, -0.1) is 0 Å². The van der Waals surface area contributed by atoms with Crippen molar-refractivity contribution in [3.05, 3.63) is 11.1 Å². The van der Waals surface area contributed by atoms with Gasteiger partial charge in [0.1, 0.15) is 0 Å². The van der Waals surface area contributed by atoms with Crippen molar-refractivity contribution < 1.29 is 19.7 Å². The molecule has 0 aromatic rings. The first-order chi connectivity index (χ1) is 7.08. The molecule has 0 amide bonds. The smallest absolute Gasteiger partial charge is 0.333 e. The molecule has 88 valence electrons. The van der Waals surface area contributed by atoms with Gasteiger partial charge < -0.3 is 14.9 Å². The molecule has 0 rings (SSSR count). The van der Waals surface area contributed by atoms with Gasteiger partial charge in [0.2, 0.25) is 0 Å². The van der Waals surface area contributed by atoms with E-state index in [-0.39, 0.29) is 25.1 Å². The molecule has 4 heteroatoms. The number of ether oxygens (including phenoxy) is 1. The molecule has 0 radical (unpaired) electrons. The van der Waals surface area contributed by atoms with Gasteiger partial charge in [0.15, 0.2) is 0 Å². The van der Waals surface area contributed by atoms with Gasteiger partial charge in [-0.1, -0.05) is 5.57 Å². The van der Waals surface area contributed by atoms with E-state index in [0.29, 0.717) is 18.4 Å². The van der Waals surface area contributed by atoms with Crippen LogP contribution >= 0.6 is 0 Å². The summed E-state index contributed by atoms with van der Waals surface area (Å²) in [7, 11) is 1.33. The van der Waals surface area contributed by atoms with Crippen LogP contribution in [0.3, 0.4) is 0 Å². The maximum absolute atomic E-state index is 11.2. The first-order valence-corrected chi connectivity index (χ1v) is 5.05. The SMILES string of the molecule is COC(=O)C(C)=C(C)C(CO)CCCO. The Hall–Kier alpha value is -0.870. The number of carbonyl (C=O) groups is 1. The minimum Gasteiger partial charge on any atom is -0.466 e. The van der Waals surface area contributed by atoms with Gasteiger partial charge in [-0.05, 0) is 26.7 Å². The molecule has 15 heavy (non-hydrogen) atoms. The van der Waals surface area contributed by atoms with E-state index in [1.165, 1.54) is 7.11 Å². The van der Waals surface area contributed by atoms with Crippen LogP contribution in [-0.4, -0.2) is 36.5 Å². The van der Waals surface area contributed by atoms with Gasteiger partial charge in [-0.25, -0.2) is 4.79 Å². The summed E-state index contributed by atoms with van der Waals surface area (Å²) in [5.41, 5.74) is 1.37. The lowest BCUT2D eigenvalue weighted by atomic mass is 9.92. The normalized spacial score (nSPS) is 14.5. The quantitative estimate of drug-likeness (QED) is 0.511. The van der Waals surface area contributed by atoms with Gasteiger partial charge in [0, 0.05) is 24.7 Å². The summed E-state index contributed by atoms with van der Waals surface area (Å²) in [6.07, 6.45) is 1.30. The highest BCUT2D eigenvalue weighted by Gasteiger charge is 2.15. The van der Waals surface area contributed by atoms with Crippen molar-refractivity contribution in [3.63, 3.8) is 0 Å². The van der Waals surface area contributed by atoms with Crippen LogP contribution in [0.2, 0.25) is 0 Å². The van der Waals surface area contributed by atoms with E-state index in [0.717, 1.165) is 5.57 Å². The van der Waals surface area contributed by atoms with Crippen LogP contribution in [0.15, 0.2) is 11.1 Å². The van der Waals surface area contributed by atoms with Crippen molar-refractivity contribution in [2.24, 2.45) is 5.92 Å². The predicted octanol–water partition coefficient (Wildman–Crippen LogP) is 0.877. The van der Waals surface area contributed by atoms with Gasteiger partial charge >= 0.3 is 5.97 Å². The number of rotatable bonds is 6. The third-order valence-corrected chi connectivity index (χ3v) is 2.63. The van der Waals surface area contributed by atoms with Crippen molar-refractivity contribution in [1.29, 1.82) is 0 Å². The zero-order valence-corrected chi connectivity index (χ0v) is 9.62. The molecule has 0 fully saturated rings. The van der Waals surface area contributed by atoms with Crippen LogP contribution < -0.4 is 0 Å². The summed E-state index contributed by atoms with van der Waals surface area (Å²) in [4.78, 5) is 11.2. The molecule has 0 aliphatic heterocycles. The van der Waals surface area contributed by atoms with Crippen LogP contribution in [0.25, 0.3) is 0 Å². The first kappa shape index (κ1) is 14.1. The van der Waals surface area contributed by atoms with Gasteiger partial charge in [0.05, 0.1) is 7.11 Å². The topological polar surface area (TPSA) is 66.8 Å². The van der Waals surface area contributed by atoms with Crippen molar-refractivity contribution in [2.75, 3.05) is 20.3 Å². The predicted molar refractivity (Wildman–Crippen MR) is 57.3 cm³/mol. The molecule has 0 saturated carbocycles. The highest BCUT2D eigenvalue weighted by atomic mass is 16.5. The fourth-order valence-electron chi connectivity index (χ4n) is 1.40. The Kier molecular flexibility index (Phi) is 6.99. The lowest BCUT2D eigenvalue weighted by Gasteiger charge is -2.16. The number of hydrogen-bond donors (Lipinski definition) is 2. The van der Waals surface area contributed by atoms with E-state index in [4.69, 9.17) is 10.2 Å². The van der Waals surface area contributed by atoms with Crippen molar-refractivity contribution in [1.82, 2.24) is 0 Å². The second-order valence-corrected chi connectivity index (χ2v) is 3.54. The largest absolute Gasteiger partial charge is 0.466 e. The Morgan fingerprint density at radius 3 is 2.33 bits per heavy atom. The molecule has 0 spiro atoms. The average Bonchev–Trinajstić information content (AvgIpc) is 2.27. The van der Waals surface area contributed by atoms with Crippen LogP contribution in [0.1, 0.15) is 26.7 Å². The molecule has 0 aliphatic rings. The Balaban J connectivity index is 4.59. The molecule has 0 aromatic heterocycles. The van der Waals surface area contributed by atoms with E-state index in [1.807, 2.05) is 6.92 Å². The van der Waals surface area contributed by atoms with Gasteiger partial charge in [0.25, 0.3) is 0 Å². The number of aliphatic hydroxyl groups excluding tert-OH is 2. The molecule has 0 heterocycles. The number of carbonyl (C=O) groups excluding carboxylic acids is 1. The second kappa shape index (κ2) is 7.43. The van der Waals surface area contributed by atoms with Crippen molar-refractivity contribution >= 4 is 5.97 Å². The maximum Gasteiger partial charge on any atom is 0.333 e. The van der Waals surface area contributed by atoms with Crippen LogP contribution in [0.5, 0.6) is 0 Å². The van der Waals surface area contributed by atoms with Crippen LogP contribution in [0, 0.1) is 5.92 Å². The van der Waals surface area contributed by atoms with Crippen molar-refractivity contribution in [3.8, 4) is 0 Å². The molecule has 0 aromatic carbocycles. The maximum atomic E-state index is 11.2. The Morgan fingerprint density at radius 2 is 1.93 bits per heavy atom. The molecule has 0 saturated heterocycles. The minimum atomic E-state index is -0.366. The lowest BCUT2D eigenvalue weighted by Crippen LogP contribution is -2.14. The zero-order valence-electron chi connectivity index (χ0n) is 9.62. The summed E-state index contributed by atoms with van der Waals surface area (Å²) in [5, 5.41) is 17.9. The Morgan fingerprint density at radius 1 is 1.33 bits per heavy atom. The summed E-state index contributed by atoms with van der Waals surface area (Å²) >= 11 is 0. The zero-order chi connectivity index (χ0) is 11.8. The molecule has 4 nitrogen and oxygen atoms in total. The Bertz CT molecular complexity index is 233. The van der Waals surface area contributed by atoms with Crippen LogP contribution in [0.4, 0.5) is 0 Å². The number of hydrogen-bond acceptors (Lipinski definition) is 4. The van der Waals surface area contributed by atoms with Crippen molar-refractivity contribution in [2.45, 2.75) is 26.7 Å². The van der Waals surface area contributed by atoms with E-state index >= 15 is 0 Å². The molecule has 0 aliphatic carbocycles. The van der Waals surface area contributed by atoms with E-state index in [9.17, 15) is 4.79 Å². The summed E-state index contributed by atoms with van der Waals surface area (Å²) in [5.74, 6) is -0.439. The highest BCUT2D eigenvalue weighted by molar-refractivity contribution is 5.88. The molecular formula is C11H20O4. The first-order valence-electron chi connectivity index (χ1n) is 5.05. The monoisotopic (exact) mass is 216 g/mol. The molecule has 1 atom stereocenters. The van der Waals surface area contributed by atoms with Crippen LogP contribution in [-0.2, 0) is 9.53 Å². The fourth-order valence-corrected chi connectivity index (χ4v) is 1.40. The molecule has 0 bridgehead atoms. The van der Waals surface area contributed by atoms with E-state index < -0.39 is 0 Å². The van der Waals surface area contributed by atoms with E-state index in [2.05, 4.69) is 4.74 Å². The van der Waals surface area contributed by atoms with E-state index in [1.54, 1.807) is 6.92 Å². The van der Waals surface area contributed by atoms with Gasteiger partial charge in [-0.2, -0.15) is 0 Å².